The average molecular weight is 369 g/mol. The molecule has 1 aromatic carbocycles. The van der Waals surface area contributed by atoms with Gasteiger partial charge in [-0.1, -0.05) is 12.8 Å². The Bertz CT molecular complexity index is 695. The molecule has 1 aliphatic heterocycles. The van der Waals surface area contributed by atoms with Crippen LogP contribution in [0, 0.1) is 0 Å². The zero-order chi connectivity index (χ0) is 18.3. The number of carboxylic acids is 1. The highest BCUT2D eigenvalue weighted by atomic mass is 32.2. The van der Waals surface area contributed by atoms with Crippen LogP contribution in [-0.4, -0.2) is 49.5 Å². The maximum absolute atomic E-state index is 12.6. The normalized spacial score (nSPS) is 16.0. The quantitative estimate of drug-likeness (QED) is 0.708. The average Bonchev–Trinajstić information content (AvgIpc) is 2.85. The smallest absolute Gasteiger partial charge is 0.319 e. The first-order chi connectivity index (χ1) is 11.9. The zero-order valence-electron chi connectivity index (χ0n) is 13.9. The molecule has 1 aromatic rings. The maximum Gasteiger partial charge on any atom is 0.319 e. The number of amides is 2. The predicted octanol–water partition coefficient (Wildman–Crippen LogP) is 1.85. The van der Waals surface area contributed by atoms with Gasteiger partial charge in [0.15, 0.2) is 0 Å². The summed E-state index contributed by atoms with van der Waals surface area (Å²) in [5, 5.41) is 13.5. The Morgan fingerprint density at radius 1 is 1.04 bits per heavy atom. The number of nitrogens with one attached hydrogen (secondary N) is 2. The molecule has 0 aromatic heterocycles. The summed E-state index contributed by atoms with van der Waals surface area (Å²) in [6, 6.07) is 5.42. The van der Waals surface area contributed by atoms with E-state index < -0.39 is 22.0 Å². The van der Waals surface area contributed by atoms with Crippen molar-refractivity contribution in [1.82, 2.24) is 9.62 Å². The summed E-state index contributed by atoms with van der Waals surface area (Å²) in [6.07, 6.45) is 3.67. The number of hydrogen-bond acceptors (Lipinski definition) is 4. The number of carbonyl (C=O) groups is 2. The third-order valence-electron chi connectivity index (χ3n) is 3.94. The van der Waals surface area contributed by atoms with Crippen molar-refractivity contribution in [3.05, 3.63) is 24.3 Å². The van der Waals surface area contributed by atoms with Gasteiger partial charge in [0.05, 0.1) is 11.3 Å². The fourth-order valence-corrected chi connectivity index (χ4v) is 4.12. The molecule has 0 aliphatic carbocycles. The number of nitrogens with zero attached hydrogens (tertiary/aromatic N) is 1. The summed E-state index contributed by atoms with van der Waals surface area (Å²) in [5.41, 5.74) is 0.433. The summed E-state index contributed by atoms with van der Waals surface area (Å²) >= 11 is 0. The molecule has 0 unspecified atom stereocenters. The van der Waals surface area contributed by atoms with Gasteiger partial charge in [0.1, 0.15) is 0 Å². The summed E-state index contributed by atoms with van der Waals surface area (Å²) in [6.45, 7) is 1.09. The summed E-state index contributed by atoms with van der Waals surface area (Å²) in [4.78, 5) is 22.2. The van der Waals surface area contributed by atoms with Gasteiger partial charge < -0.3 is 15.7 Å². The Morgan fingerprint density at radius 3 is 2.20 bits per heavy atom. The van der Waals surface area contributed by atoms with E-state index in [-0.39, 0.29) is 17.9 Å². The van der Waals surface area contributed by atoms with Crippen LogP contribution < -0.4 is 10.6 Å². The molecular weight excluding hydrogens is 346 g/mol. The Morgan fingerprint density at radius 2 is 1.64 bits per heavy atom. The first-order valence-electron chi connectivity index (χ1n) is 8.26. The van der Waals surface area contributed by atoms with Crippen molar-refractivity contribution in [3.63, 3.8) is 0 Å². The monoisotopic (exact) mass is 369 g/mol. The molecular formula is C16H23N3O5S. The lowest BCUT2D eigenvalue weighted by atomic mass is 10.2. The molecule has 2 rings (SSSR count). The minimum atomic E-state index is -3.51. The summed E-state index contributed by atoms with van der Waals surface area (Å²) in [5.74, 6) is -0.997. The Hall–Kier alpha value is -2.13. The molecule has 25 heavy (non-hydrogen) atoms. The highest BCUT2D eigenvalue weighted by molar-refractivity contribution is 7.89. The van der Waals surface area contributed by atoms with Gasteiger partial charge in [-0.05, 0) is 37.1 Å². The van der Waals surface area contributed by atoms with Crippen molar-refractivity contribution in [2.75, 3.05) is 25.0 Å². The minimum Gasteiger partial charge on any atom is -0.481 e. The number of aliphatic carboxylic acids is 1. The van der Waals surface area contributed by atoms with E-state index in [1.165, 1.54) is 28.6 Å². The fraction of sp³-hybridized carbons (Fsp3) is 0.500. The van der Waals surface area contributed by atoms with Crippen molar-refractivity contribution < 1.29 is 23.1 Å². The maximum atomic E-state index is 12.6. The molecule has 138 valence electrons. The topological polar surface area (TPSA) is 116 Å². The third-order valence-corrected chi connectivity index (χ3v) is 5.85. The van der Waals surface area contributed by atoms with Crippen LogP contribution in [0.1, 0.15) is 32.1 Å². The number of carbonyl (C=O) groups excluding carboxylic acids is 1. The molecule has 8 nitrogen and oxygen atoms in total. The van der Waals surface area contributed by atoms with Crippen molar-refractivity contribution in [2.45, 2.75) is 37.0 Å². The third kappa shape index (κ3) is 5.71. The van der Waals surface area contributed by atoms with E-state index in [0.29, 0.717) is 18.8 Å². The first kappa shape index (κ1) is 19.2. The molecule has 0 saturated carbocycles. The number of urea groups is 1. The molecule has 1 fully saturated rings. The molecule has 1 aliphatic rings. The molecule has 0 bridgehead atoms. The summed E-state index contributed by atoms with van der Waals surface area (Å²) < 4.78 is 26.8. The highest BCUT2D eigenvalue weighted by Gasteiger charge is 2.24. The Balaban J connectivity index is 1.96. The fourth-order valence-electron chi connectivity index (χ4n) is 2.60. The van der Waals surface area contributed by atoms with E-state index in [4.69, 9.17) is 5.11 Å². The Labute approximate surface area is 147 Å². The van der Waals surface area contributed by atoms with Crippen LogP contribution in [0.3, 0.4) is 0 Å². The lowest BCUT2D eigenvalue weighted by Gasteiger charge is -2.20. The van der Waals surface area contributed by atoms with Crippen LogP contribution in [0.4, 0.5) is 10.5 Å². The van der Waals surface area contributed by atoms with Gasteiger partial charge in [-0.3, -0.25) is 4.79 Å². The van der Waals surface area contributed by atoms with E-state index in [1.807, 2.05) is 0 Å². The highest BCUT2D eigenvalue weighted by Crippen LogP contribution is 2.21. The van der Waals surface area contributed by atoms with Gasteiger partial charge >= 0.3 is 12.0 Å². The van der Waals surface area contributed by atoms with E-state index in [1.54, 1.807) is 0 Å². The van der Waals surface area contributed by atoms with Crippen molar-refractivity contribution in [2.24, 2.45) is 0 Å². The van der Waals surface area contributed by atoms with Gasteiger partial charge in [-0.2, -0.15) is 4.31 Å². The molecule has 9 heteroatoms. The number of sulfonamides is 1. The Kier molecular flexibility index (Phi) is 6.77. The van der Waals surface area contributed by atoms with Gasteiger partial charge in [-0.25, -0.2) is 13.2 Å². The molecule has 1 saturated heterocycles. The minimum absolute atomic E-state index is 0.0165. The van der Waals surface area contributed by atoms with Gasteiger partial charge in [-0.15, -0.1) is 0 Å². The van der Waals surface area contributed by atoms with Crippen molar-refractivity contribution in [3.8, 4) is 0 Å². The largest absolute Gasteiger partial charge is 0.481 e. The first-order valence-corrected chi connectivity index (χ1v) is 9.70. The molecule has 3 N–H and O–H groups in total. The lowest BCUT2D eigenvalue weighted by Crippen LogP contribution is -2.32. The second kappa shape index (κ2) is 8.82. The van der Waals surface area contributed by atoms with Crippen LogP contribution in [0.15, 0.2) is 29.2 Å². The number of hydrogen-bond donors (Lipinski definition) is 3. The number of benzene rings is 1. The number of carboxylic acid groups (broad SMARTS) is 1. The summed E-state index contributed by atoms with van der Waals surface area (Å²) in [7, 11) is -3.51. The molecule has 2 amide bonds. The zero-order valence-corrected chi connectivity index (χ0v) is 14.7. The van der Waals surface area contributed by atoms with Crippen molar-refractivity contribution >= 4 is 27.7 Å². The van der Waals surface area contributed by atoms with E-state index in [0.717, 1.165) is 25.7 Å². The van der Waals surface area contributed by atoms with E-state index in [2.05, 4.69) is 10.6 Å². The molecule has 1 heterocycles. The van der Waals surface area contributed by atoms with Gasteiger partial charge in [0.25, 0.3) is 0 Å². The number of rotatable bonds is 6. The lowest BCUT2D eigenvalue weighted by molar-refractivity contribution is -0.136. The van der Waals surface area contributed by atoms with Crippen LogP contribution in [0.25, 0.3) is 0 Å². The van der Waals surface area contributed by atoms with Crippen LogP contribution in [-0.2, 0) is 14.8 Å². The second-order valence-corrected chi connectivity index (χ2v) is 7.81. The van der Waals surface area contributed by atoms with Crippen LogP contribution in [0.2, 0.25) is 0 Å². The van der Waals surface area contributed by atoms with Crippen LogP contribution >= 0.6 is 0 Å². The SMILES string of the molecule is O=C(O)CCNC(=O)Nc1ccc(S(=O)(=O)N2CCCCCC2)cc1. The van der Waals surface area contributed by atoms with Crippen LogP contribution in [0.5, 0.6) is 0 Å². The van der Waals surface area contributed by atoms with Gasteiger partial charge in [0, 0.05) is 25.3 Å². The molecule has 0 spiro atoms. The van der Waals surface area contributed by atoms with Gasteiger partial charge in [0.2, 0.25) is 10.0 Å². The van der Waals surface area contributed by atoms with E-state index in [9.17, 15) is 18.0 Å². The standard InChI is InChI=1S/C16H23N3O5S/c20-15(21)9-10-17-16(22)18-13-5-7-14(8-6-13)25(23,24)19-11-3-1-2-4-12-19/h5-8H,1-4,9-12H2,(H,20,21)(H2,17,18,22). The number of anilines is 1. The molecule has 0 atom stereocenters. The van der Waals surface area contributed by atoms with E-state index >= 15 is 0 Å². The molecule has 0 radical (unpaired) electrons. The predicted molar refractivity (Wildman–Crippen MR) is 92.9 cm³/mol. The van der Waals surface area contributed by atoms with Crippen molar-refractivity contribution in [1.29, 1.82) is 0 Å². The second-order valence-electron chi connectivity index (χ2n) is 5.87.